The number of hydrogen-bond acceptors (Lipinski definition) is 6. The molecule has 29 heavy (non-hydrogen) atoms. The van der Waals surface area contributed by atoms with Crippen molar-refractivity contribution >= 4 is 8.56 Å². The van der Waals surface area contributed by atoms with Crippen molar-refractivity contribution in [3.8, 4) is 12.3 Å². The van der Waals surface area contributed by atoms with Gasteiger partial charge in [0.1, 0.15) is 17.8 Å². The summed E-state index contributed by atoms with van der Waals surface area (Å²) in [7, 11) is -2.91. The molecule has 0 bridgehead atoms. The number of rotatable bonds is 1. The van der Waals surface area contributed by atoms with Crippen molar-refractivity contribution in [3.05, 3.63) is 33.1 Å². The second-order valence-electron chi connectivity index (χ2n) is 10.0. The summed E-state index contributed by atoms with van der Waals surface area (Å²) in [5.41, 5.74) is -4.95. The third-order valence-electron chi connectivity index (χ3n) is 5.98. The maximum absolute atomic E-state index is 12.5. The number of hydrogen-bond donors (Lipinski definition) is 2. The number of H-pyrrole nitrogens is 1. The van der Waals surface area contributed by atoms with Crippen LogP contribution in [-0.2, 0) is 19.3 Å². The van der Waals surface area contributed by atoms with E-state index in [2.05, 4.69) is 52.4 Å². The first-order valence-corrected chi connectivity index (χ1v) is 11.5. The molecular weight excluding hydrogens is 392 g/mol. The summed E-state index contributed by atoms with van der Waals surface area (Å²) in [6.07, 6.45) is 5.55. The molecule has 1 aromatic rings. The van der Waals surface area contributed by atoms with Gasteiger partial charge in [-0.1, -0.05) is 41.5 Å². The van der Waals surface area contributed by atoms with Gasteiger partial charge in [0.05, 0.1) is 6.61 Å². The third-order valence-corrected chi connectivity index (χ3v) is 11.1. The van der Waals surface area contributed by atoms with Crippen molar-refractivity contribution in [2.24, 2.45) is 0 Å². The topological polar surface area (TPSA) is 103 Å². The first-order valence-electron chi connectivity index (χ1n) is 9.65. The van der Waals surface area contributed by atoms with Crippen molar-refractivity contribution in [3.63, 3.8) is 0 Å². The highest BCUT2D eigenvalue weighted by Gasteiger charge is 2.71. The number of aromatic nitrogens is 2. The molecule has 2 aliphatic heterocycles. The maximum atomic E-state index is 12.5. The Morgan fingerprint density at radius 1 is 1.28 bits per heavy atom. The Kier molecular flexibility index (Phi) is 4.85. The lowest BCUT2D eigenvalue weighted by Crippen LogP contribution is -2.68. The molecule has 0 spiro atoms. The van der Waals surface area contributed by atoms with Gasteiger partial charge in [-0.2, -0.15) is 0 Å². The average Bonchev–Trinajstić information content (AvgIpc) is 2.80. The van der Waals surface area contributed by atoms with Crippen LogP contribution in [0.3, 0.4) is 0 Å². The molecule has 0 aliphatic carbocycles. The number of nitrogens with zero attached hydrogens (tertiary/aromatic N) is 1. The van der Waals surface area contributed by atoms with E-state index in [1.165, 1.54) is 13.1 Å². The van der Waals surface area contributed by atoms with Crippen molar-refractivity contribution < 1.29 is 18.7 Å². The van der Waals surface area contributed by atoms with Gasteiger partial charge in [0.15, 0.2) is 0 Å². The number of ether oxygens (including phenoxy) is 1. The molecular formula is C20H30N2O6Si. The van der Waals surface area contributed by atoms with Gasteiger partial charge in [-0.3, -0.25) is 14.3 Å². The van der Waals surface area contributed by atoms with E-state index in [-0.39, 0.29) is 16.7 Å². The molecule has 2 N–H and O–H groups in total. The maximum Gasteiger partial charge on any atom is 0.349 e. The molecule has 0 amide bonds. The third kappa shape index (κ3) is 2.89. The zero-order valence-electron chi connectivity index (χ0n) is 18.0. The lowest BCUT2D eigenvalue weighted by Gasteiger charge is -2.54. The molecule has 8 nitrogen and oxygen atoms in total. The van der Waals surface area contributed by atoms with E-state index in [0.29, 0.717) is 0 Å². The summed E-state index contributed by atoms with van der Waals surface area (Å²) >= 11 is 0. The van der Waals surface area contributed by atoms with Crippen LogP contribution >= 0.6 is 0 Å². The van der Waals surface area contributed by atoms with E-state index in [9.17, 15) is 14.7 Å². The molecule has 2 fully saturated rings. The van der Waals surface area contributed by atoms with Crippen LogP contribution in [0, 0.1) is 12.3 Å². The minimum Gasteiger partial charge on any atom is -0.391 e. The molecule has 3 rings (SSSR count). The van der Waals surface area contributed by atoms with Crippen LogP contribution in [0.5, 0.6) is 0 Å². The molecule has 4 unspecified atom stereocenters. The van der Waals surface area contributed by atoms with Gasteiger partial charge in [0.2, 0.25) is 5.72 Å². The van der Waals surface area contributed by atoms with Crippen LogP contribution in [0.4, 0.5) is 0 Å². The Hall–Kier alpha value is -1.70. The number of terminal acetylenes is 1. The van der Waals surface area contributed by atoms with E-state index in [1.807, 2.05) is 0 Å². The monoisotopic (exact) mass is 422 g/mol. The fraction of sp³-hybridized carbons (Fsp3) is 0.700. The zero-order valence-corrected chi connectivity index (χ0v) is 19.0. The predicted molar refractivity (Wildman–Crippen MR) is 110 cm³/mol. The van der Waals surface area contributed by atoms with Gasteiger partial charge in [0.25, 0.3) is 5.56 Å². The zero-order chi connectivity index (χ0) is 22.0. The Labute approximate surface area is 171 Å². The first kappa shape index (κ1) is 22.0. The SMILES string of the molecule is C#CC1(n2ccc(=O)[nH]c2=O)OC2CO[Si](C(C)(C)C)(C(C)(C)C)OC2C1(C)O. The minimum absolute atomic E-state index is 0.184. The standard InChI is InChI=1S/C20H30N2O6Si/c1-9-20(22-11-10-14(23)21-16(22)24)19(8,25)15-13(27-20)12-26-29(28-15,17(2,3)4)18(5,6)7/h1,10-11,13,15,25H,12H2,2-8H3,(H,21,23,24). The van der Waals surface area contributed by atoms with Crippen molar-refractivity contribution in [2.75, 3.05) is 6.61 Å². The number of nitrogens with one attached hydrogen (secondary N) is 1. The van der Waals surface area contributed by atoms with Gasteiger partial charge < -0.3 is 18.7 Å². The van der Waals surface area contributed by atoms with Crippen LogP contribution in [0.2, 0.25) is 10.1 Å². The van der Waals surface area contributed by atoms with Crippen LogP contribution < -0.4 is 11.2 Å². The van der Waals surface area contributed by atoms with Crippen molar-refractivity contribution in [1.29, 1.82) is 0 Å². The molecule has 0 saturated carbocycles. The predicted octanol–water partition coefficient (Wildman–Crippen LogP) is 1.43. The largest absolute Gasteiger partial charge is 0.391 e. The summed E-state index contributed by atoms with van der Waals surface area (Å²) in [6.45, 7) is 14.1. The fourth-order valence-electron chi connectivity index (χ4n) is 4.81. The summed E-state index contributed by atoms with van der Waals surface area (Å²) in [6, 6.07) is 1.16. The van der Waals surface area contributed by atoms with Crippen LogP contribution in [0.25, 0.3) is 0 Å². The smallest absolute Gasteiger partial charge is 0.349 e. The molecule has 2 saturated heterocycles. The Bertz CT molecular complexity index is 947. The summed E-state index contributed by atoms with van der Waals surface area (Å²) in [5.74, 6) is 2.45. The molecule has 160 valence electrons. The van der Waals surface area contributed by atoms with Crippen LogP contribution in [0.1, 0.15) is 48.5 Å². The fourth-order valence-corrected chi connectivity index (χ4v) is 9.84. The summed E-state index contributed by atoms with van der Waals surface area (Å²) < 4.78 is 20.1. The highest BCUT2D eigenvalue weighted by molar-refractivity contribution is 6.73. The van der Waals surface area contributed by atoms with Gasteiger partial charge >= 0.3 is 14.3 Å². The van der Waals surface area contributed by atoms with Gasteiger partial charge in [-0.05, 0) is 12.8 Å². The van der Waals surface area contributed by atoms with Crippen LogP contribution in [-0.4, -0.2) is 47.6 Å². The van der Waals surface area contributed by atoms with Gasteiger partial charge in [-0.15, -0.1) is 6.42 Å². The van der Waals surface area contributed by atoms with E-state index in [0.717, 1.165) is 10.6 Å². The second-order valence-corrected chi connectivity index (χ2v) is 14.8. The number of aliphatic hydroxyl groups is 1. The molecule has 0 aromatic carbocycles. The lowest BCUT2D eigenvalue weighted by atomic mass is 9.88. The van der Waals surface area contributed by atoms with Gasteiger partial charge in [-0.25, -0.2) is 4.79 Å². The quantitative estimate of drug-likeness (QED) is 0.524. The minimum atomic E-state index is -2.91. The van der Waals surface area contributed by atoms with E-state index in [4.69, 9.17) is 20.0 Å². The summed E-state index contributed by atoms with van der Waals surface area (Å²) in [5, 5.41) is 11.0. The average molecular weight is 423 g/mol. The molecule has 1 aromatic heterocycles. The molecule has 9 heteroatoms. The molecule has 3 heterocycles. The van der Waals surface area contributed by atoms with E-state index >= 15 is 0 Å². The Morgan fingerprint density at radius 2 is 1.86 bits per heavy atom. The Balaban J connectivity index is 2.15. The number of fused-ring (bicyclic) bond motifs is 1. The Morgan fingerprint density at radius 3 is 2.34 bits per heavy atom. The van der Waals surface area contributed by atoms with E-state index in [1.54, 1.807) is 0 Å². The molecule has 4 atom stereocenters. The molecule has 2 aliphatic rings. The summed E-state index contributed by atoms with van der Waals surface area (Å²) in [4.78, 5) is 26.2. The highest BCUT2D eigenvalue weighted by atomic mass is 28.4. The number of aromatic amines is 1. The normalized spacial score (nSPS) is 34.4. The second kappa shape index (κ2) is 6.40. The van der Waals surface area contributed by atoms with E-state index < -0.39 is 43.3 Å². The van der Waals surface area contributed by atoms with Crippen molar-refractivity contribution in [2.45, 2.75) is 82.1 Å². The molecule has 0 radical (unpaired) electrons. The van der Waals surface area contributed by atoms with Crippen LogP contribution in [0.15, 0.2) is 21.9 Å². The highest BCUT2D eigenvalue weighted by Crippen LogP contribution is 2.57. The van der Waals surface area contributed by atoms with Crippen molar-refractivity contribution in [1.82, 2.24) is 9.55 Å². The lowest BCUT2D eigenvalue weighted by molar-refractivity contribution is -0.146. The first-order chi connectivity index (χ1) is 13.1. The van der Waals surface area contributed by atoms with Gasteiger partial charge in [0, 0.05) is 22.3 Å².